The Morgan fingerprint density at radius 2 is 1.89 bits per heavy atom. The maximum atomic E-state index is 6.24. The number of nitrogens with two attached hydrogens (primary N) is 1. The molecule has 0 heterocycles. The van der Waals surface area contributed by atoms with Crippen molar-refractivity contribution in [2.75, 3.05) is 6.54 Å². The Morgan fingerprint density at radius 3 is 2.42 bits per heavy atom. The number of rotatable bonds is 5. The van der Waals surface area contributed by atoms with E-state index in [2.05, 4.69) is 39.9 Å². The molecular formula is C15H26ClNOSi. The maximum Gasteiger partial charge on any atom is 0.192 e. The standard InChI is InChI=1S/C15H26ClNOSi/c1-15(2,3)19(4,5)18-11-13-10-12(8-9-17)6-7-14(13)16/h6-7,10H,8-9,11,17H2,1-5H3. The van der Waals surface area contributed by atoms with Gasteiger partial charge in [0.2, 0.25) is 0 Å². The normalized spacial score (nSPS) is 12.8. The van der Waals surface area contributed by atoms with Gasteiger partial charge in [-0.2, -0.15) is 0 Å². The zero-order chi connectivity index (χ0) is 14.7. The molecule has 1 aromatic carbocycles. The van der Waals surface area contributed by atoms with E-state index in [0.29, 0.717) is 13.2 Å². The molecule has 0 saturated heterocycles. The summed E-state index contributed by atoms with van der Waals surface area (Å²) in [5.74, 6) is 0. The average molecular weight is 300 g/mol. The predicted molar refractivity (Wildman–Crippen MR) is 86.2 cm³/mol. The first kappa shape index (κ1) is 16.7. The van der Waals surface area contributed by atoms with Gasteiger partial charge in [0.05, 0.1) is 6.61 Å². The zero-order valence-electron chi connectivity index (χ0n) is 12.7. The molecule has 0 radical (unpaired) electrons. The van der Waals surface area contributed by atoms with Crippen molar-refractivity contribution in [2.45, 2.75) is 51.9 Å². The molecule has 0 aliphatic heterocycles. The lowest BCUT2D eigenvalue weighted by molar-refractivity contribution is 0.276. The monoisotopic (exact) mass is 299 g/mol. The van der Waals surface area contributed by atoms with E-state index in [1.54, 1.807) is 0 Å². The van der Waals surface area contributed by atoms with Crippen LogP contribution in [0.15, 0.2) is 18.2 Å². The van der Waals surface area contributed by atoms with Crippen LogP contribution < -0.4 is 5.73 Å². The van der Waals surface area contributed by atoms with Crippen LogP contribution in [0.3, 0.4) is 0 Å². The summed E-state index contributed by atoms with van der Waals surface area (Å²) < 4.78 is 6.22. The smallest absolute Gasteiger partial charge is 0.192 e. The van der Waals surface area contributed by atoms with Crippen molar-refractivity contribution in [1.29, 1.82) is 0 Å². The van der Waals surface area contributed by atoms with Crippen molar-refractivity contribution < 1.29 is 4.43 Å². The Labute approximate surface area is 123 Å². The summed E-state index contributed by atoms with van der Waals surface area (Å²) in [4.78, 5) is 0. The molecule has 0 aromatic heterocycles. The van der Waals surface area contributed by atoms with Gasteiger partial charge >= 0.3 is 0 Å². The molecule has 2 N–H and O–H groups in total. The van der Waals surface area contributed by atoms with Crippen molar-refractivity contribution >= 4 is 19.9 Å². The van der Waals surface area contributed by atoms with E-state index in [9.17, 15) is 0 Å². The van der Waals surface area contributed by atoms with Crippen LogP contribution in [0.25, 0.3) is 0 Å². The van der Waals surface area contributed by atoms with E-state index in [-0.39, 0.29) is 5.04 Å². The molecule has 0 bridgehead atoms. The van der Waals surface area contributed by atoms with Gasteiger partial charge in [-0.3, -0.25) is 0 Å². The minimum Gasteiger partial charge on any atom is -0.413 e. The molecule has 0 saturated carbocycles. The first-order valence-corrected chi connectivity index (χ1v) is 10.1. The Bertz CT molecular complexity index is 427. The lowest BCUT2D eigenvalue weighted by Crippen LogP contribution is -2.40. The molecule has 108 valence electrons. The molecule has 0 unspecified atom stereocenters. The second kappa shape index (κ2) is 6.40. The summed E-state index contributed by atoms with van der Waals surface area (Å²) >= 11 is 6.24. The third-order valence-electron chi connectivity index (χ3n) is 3.94. The molecule has 1 aromatic rings. The maximum absolute atomic E-state index is 6.24. The molecule has 0 amide bonds. The Kier molecular flexibility index (Phi) is 5.62. The van der Waals surface area contributed by atoms with Crippen LogP contribution in [-0.4, -0.2) is 14.9 Å². The minimum atomic E-state index is -1.73. The number of hydrogen-bond acceptors (Lipinski definition) is 2. The SMILES string of the molecule is CC(C)(C)[Si](C)(C)OCc1cc(CCN)ccc1Cl. The molecule has 0 fully saturated rings. The van der Waals surface area contributed by atoms with Crippen LogP contribution >= 0.6 is 11.6 Å². The fourth-order valence-electron chi connectivity index (χ4n) is 1.54. The predicted octanol–water partition coefficient (Wildman–Crippen LogP) is 4.36. The number of benzene rings is 1. The van der Waals surface area contributed by atoms with Crippen molar-refractivity contribution in [1.82, 2.24) is 0 Å². The van der Waals surface area contributed by atoms with Gasteiger partial charge in [-0.25, -0.2) is 0 Å². The molecule has 0 aliphatic carbocycles. The van der Waals surface area contributed by atoms with E-state index in [4.69, 9.17) is 21.8 Å². The largest absolute Gasteiger partial charge is 0.413 e. The van der Waals surface area contributed by atoms with Crippen LogP contribution in [0.4, 0.5) is 0 Å². The van der Waals surface area contributed by atoms with Crippen LogP contribution in [0.5, 0.6) is 0 Å². The van der Waals surface area contributed by atoms with Gasteiger partial charge in [-0.15, -0.1) is 0 Å². The zero-order valence-corrected chi connectivity index (χ0v) is 14.5. The third kappa shape index (κ3) is 4.60. The van der Waals surface area contributed by atoms with Crippen LogP contribution in [-0.2, 0) is 17.5 Å². The van der Waals surface area contributed by atoms with Crippen molar-refractivity contribution in [3.63, 3.8) is 0 Å². The highest BCUT2D eigenvalue weighted by Gasteiger charge is 2.37. The molecule has 1 rings (SSSR count). The third-order valence-corrected chi connectivity index (χ3v) is 8.78. The molecule has 0 spiro atoms. The van der Waals surface area contributed by atoms with Crippen LogP contribution in [0.1, 0.15) is 31.9 Å². The summed E-state index contributed by atoms with van der Waals surface area (Å²) in [6.45, 7) is 12.5. The summed E-state index contributed by atoms with van der Waals surface area (Å²) in [5.41, 5.74) is 7.88. The Balaban J connectivity index is 2.80. The van der Waals surface area contributed by atoms with Crippen LogP contribution in [0, 0.1) is 0 Å². The minimum absolute atomic E-state index is 0.217. The first-order valence-electron chi connectivity index (χ1n) is 6.79. The van der Waals surface area contributed by atoms with Gasteiger partial charge < -0.3 is 10.2 Å². The Hall–Kier alpha value is -0.353. The van der Waals surface area contributed by atoms with Crippen molar-refractivity contribution in [3.8, 4) is 0 Å². The molecule has 2 nitrogen and oxygen atoms in total. The van der Waals surface area contributed by atoms with E-state index >= 15 is 0 Å². The van der Waals surface area contributed by atoms with E-state index in [1.807, 2.05) is 12.1 Å². The molecule has 4 heteroatoms. The summed E-state index contributed by atoms with van der Waals surface area (Å²) in [5, 5.41) is 0.994. The quantitative estimate of drug-likeness (QED) is 0.820. The summed E-state index contributed by atoms with van der Waals surface area (Å²) in [6.07, 6.45) is 0.879. The van der Waals surface area contributed by atoms with Gasteiger partial charge in [-0.1, -0.05) is 44.5 Å². The van der Waals surface area contributed by atoms with E-state index in [0.717, 1.165) is 17.0 Å². The van der Waals surface area contributed by atoms with Crippen molar-refractivity contribution in [3.05, 3.63) is 34.3 Å². The second-order valence-electron chi connectivity index (χ2n) is 6.51. The molecule has 19 heavy (non-hydrogen) atoms. The lowest BCUT2D eigenvalue weighted by atomic mass is 10.1. The second-order valence-corrected chi connectivity index (χ2v) is 11.7. The average Bonchev–Trinajstić information content (AvgIpc) is 2.29. The first-order chi connectivity index (χ1) is 8.67. The fraction of sp³-hybridized carbons (Fsp3) is 0.600. The fourth-order valence-corrected chi connectivity index (χ4v) is 2.66. The van der Waals surface area contributed by atoms with Crippen LogP contribution in [0.2, 0.25) is 23.2 Å². The van der Waals surface area contributed by atoms with Gasteiger partial charge in [0.25, 0.3) is 0 Å². The highest BCUT2D eigenvalue weighted by atomic mass is 35.5. The Morgan fingerprint density at radius 1 is 1.26 bits per heavy atom. The van der Waals surface area contributed by atoms with Crippen molar-refractivity contribution in [2.24, 2.45) is 5.73 Å². The highest BCUT2D eigenvalue weighted by molar-refractivity contribution is 6.74. The highest BCUT2D eigenvalue weighted by Crippen LogP contribution is 2.37. The molecule has 0 aliphatic rings. The van der Waals surface area contributed by atoms with Gasteiger partial charge in [0.1, 0.15) is 0 Å². The van der Waals surface area contributed by atoms with Gasteiger partial charge in [0.15, 0.2) is 8.32 Å². The summed E-state index contributed by atoms with van der Waals surface area (Å²) in [6, 6.07) is 6.09. The van der Waals surface area contributed by atoms with Gasteiger partial charge in [-0.05, 0) is 48.3 Å². The molecule has 0 atom stereocenters. The lowest BCUT2D eigenvalue weighted by Gasteiger charge is -2.36. The van der Waals surface area contributed by atoms with E-state index < -0.39 is 8.32 Å². The number of hydrogen-bond donors (Lipinski definition) is 1. The summed E-state index contributed by atoms with van der Waals surface area (Å²) in [7, 11) is -1.73. The van der Waals surface area contributed by atoms with Gasteiger partial charge in [0, 0.05) is 5.02 Å². The van der Waals surface area contributed by atoms with E-state index in [1.165, 1.54) is 5.56 Å². The number of halogens is 1. The topological polar surface area (TPSA) is 35.2 Å². The molecular weight excluding hydrogens is 274 g/mol.